The Balaban J connectivity index is 1.99. The second-order valence-electron chi connectivity index (χ2n) is 6.20. The van der Waals surface area contributed by atoms with Crippen LogP contribution >= 0.6 is 0 Å². The molecular formula is C16H22N4O2. The third kappa shape index (κ3) is 2.43. The number of hydrogen-bond donors (Lipinski definition) is 2. The maximum atomic E-state index is 11.4. The summed E-state index contributed by atoms with van der Waals surface area (Å²) in [6.45, 7) is 6.41. The second kappa shape index (κ2) is 5.61. The molecule has 0 radical (unpaired) electrons. The summed E-state index contributed by atoms with van der Waals surface area (Å²) in [6, 6.07) is 5.86. The number of aromatic nitrogens is 2. The monoisotopic (exact) mass is 302 g/mol. The summed E-state index contributed by atoms with van der Waals surface area (Å²) in [5.41, 5.74) is 6.74. The van der Waals surface area contributed by atoms with E-state index >= 15 is 0 Å². The lowest BCUT2D eigenvalue weighted by atomic mass is 9.95. The van der Waals surface area contributed by atoms with Crippen LogP contribution in [0, 0.1) is 0 Å². The molecule has 3 heterocycles. The fourth-order valence-electron chi connectivity index (χ4n) is 3.29. The van der Waals surface area contributed by atoms with Gasteiger partial charge in [0, 0.05) is 12.0 Å². The van der Waals surface area contributed by atoms with E-state index in [4.69, 9.17) is 5.73 Å². The van der Waals surface area contributed by atoms with Crippen LogP contribution in [0.2, 0.25) is 0 Å². The number of nitrogens with two attached hydrogens (primary N) is 1. The number of anilines is 1. The molecule has 1 aliphatic heterocycles. The normalized spacial score (nSPS) is 17.4. The van der Waals surface area contributed by atoms with Gasteiger partial charge in [0.1, 0.15) is 11.6 Å². The SMILES string of the molecule is CC(C)N1CCC(c2nc(C(=O)O)c3cccc(N)n23)CC1. The molecule has 0 unspecified atom stereocenters. The Labute approximate surface area is 129 Å². The second-order valence-corrected chi connectivity index (χ2v) is 6.20. The maximum absolute atomic E-state index is 11.4. The molecule has 0 atom stereocenters. The summed E-state index contributed by atoms with van der Waals surface area (Å²) in [6.07, 6.45) is 1.95. The van der Waals surface area contributed by atoms with Gasteiger partial charge in [0.2, 0.25) is 0 Å². The predicted octanol–water partition coefficient (Wildman–Crippen LogP) is 2.20. The number of imidazole rings is 1. The van der Waals surface area contributed by atoms with Crippen LogP contribution < -0.4 is 5.73 Å². The third-order valence-electron chi connectivity index (χ3n) is 4.55. The molecule has 22 heavy (non-hydrogen) atoms. The van der Waals surface area contributed by atoms with Crippen LogP contribution in [0.4, 0.5) is 5.82 Å². The molecule has 1 fully saturated rings. The highest BCUT2D eigenvalue weighted by atomic mass is 16.4. The van der Waals surface area contributed by atoms with E-state index in [2.05, 4.69) is 23.7 Å². The Morgan fingerprint density at radius 3 is 2.64 bits per heavy atom. The summed E-state index contributed by atoms with van der Waals surface area (Å²) < 4.78 is 1.80. The Morgan fingerprint density at radius 1 is 1.36 bits per heavy atom. The molecule has 118 valence electrons. The van der Waals surface area contributed by atoms with E-state index in [9.17, 15) is 9.90 Å². The maximum Gasteiger partial charge on any atom is 0.356 e. The number of fused-ring (bicyclic) bond motifs is 1. The zero-order valence-corrected chi connectivity index (χ0v) is 13.0. The quantitative estimate of drug-likeness (QED) is 0.908. The zero-order valence-electron chi connectivity index (χ0n) is 13.0. The van der Waals surface area contributed by atoms with Crippen molar-refractivity contribution < 1.29 is 9.90 Å². The van der Waals surface area contributed by atoms with Gasteiger partial charge in [-0.2, -0.15) is 0 Å². The first-order valence-electron chi connectivity index (χ1n) is 7.73. The van der Waals surface area contributed by atoms with Gasteiger partial charge in [0.05, 0.1) is 5.52 Å². The smallest absolute Gasteiger partial charge is 0.356 e. The Morgan fingerprint density at radius 2 is 2.05 bits per heavy atom. The number of likely N-dealkylation sites (tertiary alicyclic amines) is 1. The van der Waals surface area contributed by atoms with Crippen molar-refractivity contribution in [1.29, 1.82) is 0 Å². The standard InChI is InChI=1S/C16H22N4O2/c1-10(2)19-8-6-11(7-9-19)15-18-14(16(21)22)12-4-3-5-13(17)20(12)15/h3-5,10-11H,6-9,17H2,1-2H3,(H,21,22). The topological polar surface area (TPSA) is 83.9 Å². The molecule has 2 aromatic rings. The van der Waals surface area contributed by atoms with Gasteiger partial charge in [0.25, 0.3) is 0 Å². The summed E-state index contributed by atoms with van der Waals surface area (Å²) in [4.78, 5) is 18.3. The number of pyridine rings is 1. The third-order valence-corrected chi connectivity index (χ3v) is 4.55. The van der Waals surface area contributed by atoms with Crippen LogP contribution in [0.3, 0.4) is 0 Å². The van der Waals surface area contributed by atoms with Gasteiger partial charge in [-0.15, -0.1) is 0 Å². The van der Waals surface area contributed by atoms with Crippen molar-refractivity contribution in [2.24, 2.45) is 0 Å². The fraction of sp³-hybridized carbons (Fsp3) is 0.500. The number of aromatic carboxylic acids is 1. The van der Waals surface area contributed by atoms with Crippen molar-refractivity contribution in [3.05, 3.63) is 29.7 Å². The number of nitrogen functional groups attached to an aromatic ring is 1. The number of hydrogen-bond acceptors (Lipinski definition) is 4. The van der Waals surface area contributed by atoms with Crippen molar-refractivity contribution in [3.63, 3.8) is 0 Å². The molecule has 0 amide bonds. The van der Waals surface area contributed by atoms with E-state index in [-0.39, 0.29) is 11.6 Å². The number of rotatable bonds is 3. The lowest BCUT2D eigenvalue weighted by molar-refractivity contribution is 0.0693. The zero-order chi connectivity index (χ0) is 15.9. The van der Waals surface area contributed by atoms with E-state index in [0.717, 1.165) is 31.8 Å². The molecule has 6 nitrogen and oxygen atoms in total. The average molecular weight is 302 g/mol. The molecule has 3 N–H and O–H groups in total. The highest BCUT2D eigenvalue weighted by molar-refractivity contribution is 5.94. The summed E-state index contributed by atoms with van der Waals surface area (Å²) in [5, 5.41) is 9.38. The van der Waals surface area contributed by atoms with Crippen molar-refractivity contribution in [2.75, 3.05) is 18.8 Å². The lowest BCUT2D eigenvalue weighted by Crippen LogP contribution is -2.38. The number of piperidine rings is 1. The van der Waals surface area contributed by atoms with Crippen LogP contribution in [-0.4, -0.2) is 44.5 Å². The molecule has 0 aromatic carbocycles. The van der Waals surface area contributed by atoms with Crippen LogP contribution in [0.5, 0.6) is 0 Å². The van der Waals surface area contributed by atoms with Gasteiger partial charge in [-0.3, -0.25) is 4.40 Å². The Hall–Kier alpha value is -2.08. The Kier molecular flexibility index (Phi) is 3.78. The fourth-order valence-corrected chi connectivity index (χ4v) is 3.29. The van der Waals surface area contributed by atoms with Gasteiger partial charge < -0.3 is 15.7 Å². The minimum absolute atomic E-state index is 0.0913. The molecule has 1 aliphatic rings. The average Bonchev–Trinajstić information content (AvgIpc) is 2.88. The lowest BCUT2D eigenvalue weighted by Gasteiger charge is -2.34. The highest BCUT2D eigenvalue weighted by Gasteiger charge is 2.28. The predicted molar refractivity (Wildman–Crippen MR) is 85.2 cm³/mol. The molecule has 0 bridgehead atoms. The minimum Gasteiger partial charge on any atom is -0.476 e. The van der Waals surface area contributed by atoms with Crippen molar-refractivity contribution in [2.45, 2.75) is 38.6 Å². The van der Waals surface area contributed by atoms with Gasteiger partial charge in [-0.25, -0.2) is 9.78 Å². The summed E-state index contributed by atoms with van der Waals surface area (Å²) in [5.74, 6) is 0.571. The number of carboxylic acids is 1. The molecule has 0 spiro atoms. The molecule has 0 aliphatic carbocycles. The summed E-state index contributed by atoms with van der Waals surface area (Å²) >= 11 is 0. The number of carboxylic acid groups (broad SMARTS) is 1. The molecular weight excluding hydrogens is 280 g/mol. The molecule has 1 saturated heterocycles. The minimum atomic E-state index is -1.01. The van der Waals surface area contributed by atoms with E-state index < -0.39 is 5.97 Å². The number of nitrogens with zero attached hydrogens (tertiary/aromatic N) is 3. The van der Waals surface area contributed by atoms with Gasteiger partial charge >= 0.3 is 5.97 Å². The van der Waals surface area contributed by atoms with E-state index in [1.807, 2.05) is 0 Å². The van der Waals surface area contributed by atoms with E-state index in [1.165, 1.54) is 0 Å². The van der Waals surface area contributed by atoms with Crippen molar-refractivity contribution in [1.82, 2.24) is 14.3 Å². The number of carbonyl (C=O) groups is 1. The van der Waals surface area contributed by atoms with Crippen LogP contribution in [0.25, 0.3) is 5.52 Å². The van der Waals surface area contributed by atoms with Crippen LogP contribution in [-0.2, 0) is 0 Å². The van der Waals surface area contributed by atoms with Crippen LogP contribution in [0.1, 0.15) is 48.9 Å². The van der Waals surface area contributed by atoms with Gasteiger partial charge in [0.15, 0.2) is 5.69 Å². The van der Waals surface area contributed by atoms with E-state index in [0.29, 0.717) is 17.4 Å². The molecule has 6 heteroatoms. The van der Waals surface area contributed by atoms with Gasteiger partial charge in [-0.05, 0) is 51.9 Å². The largest absolute Gasteiger partial charge is 0.476 e. The first kappa shape index (κ1) is 14.8. The van der Waals surface area contributed by atoms with E-state index in [1.54, 1.807) is 22.6 Å². The molecule has 0 saturated carbocycles. The highest BCUT2D eigenvalue weighted by Crippen LogP contribution is 2.31. The van der Waals surface area contributed by atoms with Crippen molar-refractivity contribution in [3.8, 4) is 0 Å². The first-order chi connectivity index (χ1) is 10.5. The summed E-state index contributed by atoms with van der Waals surface area (Å²) in [7, 11) is 0. The van der Waals surface area contributed by atoms with Crippen LogP contribution in [0.15, 0.2) is 18.2 Å². The van der Waals surface area contributed by atoms with Crippen molar-refractivity contribution >= 4 is 17.3 Å². The van der Waals surface area contributed by atoms with Gasteiger partial charge in [-0.1, -0.05) is 6.07 Å². The first-order valence-corrected chi connectivity index (χ1v) is 7.73. The molecule has 2 aromatic heterocycles. The molecule has 3 rings (SSSR count). The Bertz CT molecular complexity index is 699.